The second-order valence-corrected chi connectivity index (χ2v) is 6.36. The van der Waals surface area contributed by atoms with Crippen LogP contribution in [-0.2, 0) is 4.79 Å². The van der Waals surface area contributed by atoms with Crippen molar-refractivity contribution in [2.24, 2.45) is 0 Å². The third-order valence-corrected chi connectivity index (χ3v) is 4.13. The first-order valence-electron chi connectivity index (χ1n) is 6.72. The third-order valence-electron chi connectivity index (χ3n) is 3.08. The minimum Gasteiger partial charge on any atom is -0.397 e. The van der Waals surface area contributed by atoms with Gasteiger partial charge in [0.15, 0.2) is 0 Å². The molecule has 0 saturated heterocycles. The number of carbonyl (C=O) groups excluding carboxylic acids is 1. The zero-order valence-corrected chi connectivity index (χ0v) is 13.2. The van der Waals surface area contributed by atoms with E-state index in [1.807, 2.05) is 45.0 Å². The molecule has 0 saturated carbocycles. The first kappa shape index (κ1) is 15.4. The highest BCUT2D eigenvalue weighted by molar-refractivity contribution is 8.00. The monoisotopic (exact) mass is 301 g/mol. The summed E-state index contributed by atoms with van der Waals surface area (Å²) in [6, 6.07) is 9.62. The van der Waals surface area contributed by atoms with Gasteiger partial charge >= 0.3 is 0 Å². The number of thioether (sulfide) groups is 1. The van der Waals surface area contributed by atoms with Gasteiger partial charge < -0.3 is 11.1 Å². The molecule has 2 rings (SSSR count). The number of hydrogen-bond acceptors (Lipinski definition) is 4. The Morgan fingerprint density at radius 3 is 2.71 bits per heavy atom. The predicted octanol–water partition coefficient (Wildman–Crippen LogP) is 3.40. The summed E-state index contributed by atoms with van der Waals surface area (Å²) >= 11 is 1.41. The van der Waals surface area contributed by atoms with Crippen molar-refractivity contribution in [2.75, 3.05) is 11.1 Å². The highest BCUT2D eigenvalue weighted by atomic mass is 32.2. The standard InChI is InChI=1S/C16H19N3OS/c1-10-4-5-11(2)14(8-10)19-16(20)12(3)21-15-7-6-13(17)9-18-15/h4-9,12H,17H2,1-3H3,(H,19,20). The van der Waals surface area contributed by atoms with E-state index in [2.05, 4.69) is 10.3 Å². The first-order chi connectivity index (χ1) is 9.95. The van der Waals surface area contributed by atoms with E-state index >= 15 is 0 Å². The number of amides is 1. The molecule has 4 nitrogen and oxygen atoms in total. The Kier molecular flexibility index (Phi) is 4.85. The van der Waals surface area contributed by atoms with Gasteiger partial charge in [-0.2, -0.15) is 0 Å². The fourth-order valence-electron chi connectivity index (χ4n) is 1.80. The van der Waals surface area contributed by atoms with Gasteiger partial charge in [0, 0.05) is 5.69 Å². The highest BCUT2D eigenvalue weighted by Crippen LogP contribution is 2.24. The topological polar surface area (TPSA) is 68.0 Å². The number of rotatable bonds is 4. The van der Waals surface area contributed by atoms with Gasteiger partial charge in [0.25, 0.3) is 0 Å². The van der Waals surface area contributed by atoms with Gasteiger partial charge in [-0.3, -0.25) is 4.79 Å². The fourth-order valence-corrected chi connectivity index (χ4v) is 2.59. The summed E-state index contributed by atoms with van der Waals surface area (Å²) in [6.07, 6.45) is 1.59. The molecule has 0 bridgehead atoms. The summed E-state index contributed by atoms with van der Waals surface area (Å²) in [7, 11) is 0. The van der Waals surface area contributed by atoms with Gasteiger partial charge in [-0.25, -0.2) is 4.98 Å². The zero-order valence-electron chi connectivity index (χ0n) is 12.4. The van der Waals surface area contributed by atoms with Crippen LogP contribution in [0.15, 0.2) is 41.6 Å². The summed E-state index contributed by atoms with van der Waals surface area (Å²) in [6.45, 7) is 5.85. The van der Waals surface area contributed by atoms with E-state index < -0.39 is 0 Å². The van der Waals surface area contributed by atoms with Crippen molar-refractivity contribution in [2.45, 2.75) is 31.0 Å². The molecule has 1 amide bonds. The van der Waals surface area contributed by atoms with Crippen LogP contribution in [0.5, 0.6) is 0 Å². The number of aryl methyl sites for hydroxylation is 2. The molecule has 21 heavy (non-hydrogen) atoms. The van der Waals surface area contributed by atoms with E-state index in [0.717, 1.165) is 21.8 Å². The molecule has 5 heteroatoms. The maximum Gasteiger partial charge on any atom is 0.237 e. The summed E-state index contributed by atoms with van der Waals surface area (Å²) in [4.78, 5) is 16.5. The second kappa shape index (κ2) is 6.63. The molecular formula is C16H19N3OS. The SMILES string of the molecule is Cc1ccc(C)c(NC(=O)C(C)Sc2ccc(N)cn2)c1. The average Bonchev–Trinajstić information content (AvgIpc) is 2.45. The smallest absolute Gasteiger partial charge is 0.237 e. The summed E-state index contributed by atoms with van der Waals surface area (Å²) in [5, 5.41) is 3.52. The minimum absolute atomic E-state index is 0.0349. The molecule has 0 radical (unpaired) electrons. The van der Waals surface area contributed by atoms with E-state index in [4.69, 9.17) is 5.73 Å². The molecule has 1 heterocycles. The van der Waals surface area contributed by atoms with Gasteiger partial charge in [0.05, 0.1) is 22.2 Å². The lowest BCUT2D eigenvalue weighted by Gasteiger charge is -2.13. The number of aromatic nitrogens is 1. The molecule has 1 aromatic heterocycles. The van der Waals surface area contributed by atoms with Gasteiger partial charge in [-0.15, -0.1) is 0 Å². The van der Waals surface area contributed by atoms with E-state index in [9.17, 15) is 4.79 Å². The van der Waals surface area contributed by atoms with Crippen LogP contribution in [0.3, 0.4) is 0 Å². The summed E-state index contributed by atoms with van der Waals surface area (Å²) in [5.41, 5.74) is 9.25. The first-order valence-corrected chi connectivity index (χ1v) is 7.60. The molecule has 0 fully saturated rings. The molecule has 0 aliphatic rings. The van der Waals surface area contributed by atoms with Crippen LogP contribution in [0.25, 0.3) is 0 Å². The van der Waals surface area contributed by atoms with Gasteiger partial charge in [-0.05, 0) is 50.1 Å². The van der Waals surface area contributed by atoms with Crippen LogP contribution >= 0.6 is 11.8 Å². The molecule has 0 spiro atoms. The lowest BCUT2D eigenvalue weighted by Crippen LogP contribution is -2.23. The average molecular weight is 301 g/mol. The van der Waals surface area contributed by atoms with Crippen LogP contribution in [0.1, 0.15) is 18.1 Å². The molecule has 1 aromatic carbocycles. The molecule has 1 atom stereocenters. The molecular weight excluding hydrogens is 282 g/mol. The number of anilines is 2. The van der Waals surface area contributed by atoms with Crippen molar-refractivity contribution in [3.05, 3.63) is 47.7 Å². The quantitative estimate of drug-likeness (QED) is 0.849. The number of nitrogens with one attached hydrogen (secondary N) is 1. The molecule has 3 N–H and O–H groups in total. The maximum absolute atomic E-state index is 12.3. The third kappa shape index (κ3) is 4.23. The molecule has 0 aliphatic heterocycles. The number of benzene rings is 1. The van der Waals surface area contributed by atoms with E-state index in [1.165, 1.54) is 11.8 Å². The number of carbonyl (C=O) groups is 1. The van der Waals surface area contributed by atoms with Crippen molar-refractivity contribution < 1.29 is 4.79 Å². The zero-order chi connectivity index (χ0) is 15.4. The number of hydrogen-bond donors (Lipinski definition) is 2. The van der Waals surface area contributed by atoms with E-state index in [1.54, 1.807) is 12.3 Å². The van der Waals surface area contributed by atoms with E-state index in [0.29, 0.717) is 5.69 Å². The van der Waals surface area contributed by atoms with Crippen molar-refractivity contribution >= 4 is 29.0 Å². The Balaban J connectivity index is 2.02. The normalized spacial score (nSPS) is 12.0. The van der Waals surface area contributed by atoms with Crippen molar-refractivity contribution in [3.8, 4) is 0 Å². The van der Waals surface area contributed by atoms with Crippen LogP contribution in [0.2, 0.25) is 0 Å². The number of nitrogens with two attached hydrogens (primary N) is 1. The lowest BCUT2D eigenvalue weighted by molar-refractivity contribution is -0.115. The van der Waals surface area contributed by atoms with Crippen LogP contribution < -0.4 is 11.1 Å². The molecule has 110 valence electrons. The van der Waals surface area contributed by atoms with Crippen LogP contribution in [0.4, 0.5) is 11.4 Å². The van der Waals surface area contributed by atoms with Crippen LogP contribution in [0, 0.1) is 13.8 Å². The highest BCUT2D eigenvalue weighted by Gasteiger charge is 2.16. The van der Waals surface area contributed by atoms with Gasteiger partial charge in [0.1, 0.15) is 0 Å². The lowest BCUT2D eigenvalue weighted by atomic mass is 10.1. The number of nitrogens with zero attached hydrogens (tertiary/aromatic N) is 1. The van der Waals surface area contributed by atoms with E-state index in [-0.39, 0.29) is 11.2 Å². The predicted molar refractivity (Wildman–Crippen MR) is 88.5 cm³/mol. The Hall–Kier alpha value is -2.01. The molecule has 1 unspecified atom stereocenters. The Morgan fingerprint density at radius 1 is 1.29 bits per heavy atom. The number of pyridine rings is 1. The summed E-state index contributed by atoms with van der Waals surface area (Å²) < 4.78 is 0. The van der Waals surface area contributed by atoms with Crippen molar-refractivity contribution in [1.82, 2.24) is 4.98 Å². The summed E-state index contributed by atoms with van der Waals surface area (Å²) in [5.74, 6) is -0.0349. The van der Waals surface area contributed by atoms with Gasteiger partial charge in [-0.1, -0.05) is 23.9 Å². The Bertz CT molecular complexity index is 640. The Morgan fingerprint density at radius 2 is 2.05 bits per heavy atom. The molecule has 2 aromatic rings. The van der Waals surface area contributed by atoms with Crippen LogP contribution in [-0.4, -0.2) is 16.1 Å². The maximum atomic E-state index is 12.3. The van der Waals surface area contributed by atoms with Crippen molar-refractivity contribution in [3.63, 3.8) is 0 Å². The number of nitrogen functional groups attached to an aromatic ring is 1. The second-order valence-electron chi connectivity index (χ2n) is 5.00. The minimum atomic E-state index is -0.235. The van der Waals surface area contributed by atoms with Gasteiger partial charge in [0.2, 0.25) is 5.91 Å². The molecule has 0 aliphatic carbocycles. The van der Waals surface area contributed by atoms with Crippen molar-refractivity contribution in [1.29, 1.82) is 0 Å². The largest absolute Gasteiger partial charge is 0.397 e. The fraction of sp³-hybridized carbons (Fsp3) is 0.250. The Labute approximate surface area is 129 Å².